The number of halogens is 1. The number of nitrogens with zero attached hydrogens (tertiary/aromatic N) is 1. The molecule has 0 spiro atoms. The van der Waals surface area contributed by atoms with Gasteiger partial charge >= 0.3 is 0 Å². The topological polar surface area (TPSA) is 64.4 Å². The van der Waals surface area contributed by atoms with Gasteiger partial charge in [-0.3, -0.25) is 10.1 Å². The Bertz CT molecular complexity index is 473. The lowest BCUT2D eigenvalue weighted by atomic mass is 9.94. The van der Waals surface area contributed by atoms with Gasteiger partial charge in [0.15, 0.2) is 0 Å². The SMILES string of the molecule is CC1(NCc2cc(Br)ccc2[N+](=O)[O-])CCCOC1. The highest BCUT2D eigenvalue weighted by atomic mass is 79.9. The molecule has 0 bridgehead atoms. The van der Waals surface area contributed by atoms with Crippen LogP contribution in [0.2, 0.25) is 0 Å². The third-order valence-corrected chi connectivity index (χ3v) is 3.87. The van der Waals surface area contributed by atoms with Crippen LogP contribution in [0.3, 0.4) is 0 Å². The zero-order chi connectivity index (χ0) is 13.9. The van der Waals surface area contributed by atoms with Gasteiger partial charge in [-0.1, -0.05) is 15.9 Å². The third-order valence-electron chi connectivity index (χ3n) is 3.38. The van der Waals surface area contributed by atoms with Crippen molar-refractivity contribution in [3.63, 3.8) is 0 Å². The van der Waals surface area contributed by atoms with Gasteiger partial charge in [0.05, 0.1) is 11.5 Å². The van der Waals surface area contributed by atoms with Crippen LogP contribution in [0.1, 0.15) is 25.3 Å². The van der Waals surface area contributed by atoms with Gasteiger partial charge in [0.25, 0.3) is 5.69 Å². The van der Waals surface area contributed by atoms with E-state index in [-0.39, 0.29) is 16.1 Å². The monoisotopic (exact) mass is 328 g/mol. The fraction of sp³-hybridized carbons (Fsp3) is 0.538. The summed E-state index contributed by atoms with van der Waals surface area (Å²) in [6.45, 7) is 4.01. The minimum atomic E-state index is -0.344. The largest absolute Gasteiger partial charge is 0.380 e. The van der Waals surface area contributed by atoms with E-state index in [1.165, 1.54) is 6.07 Å². The van der Waals surface area contributed by atoms with E-state index in [0.29, 0.717) is 18.7 Å². The Morgan fingerprint density at radius 2 is 2.37 bits per heavy atom. The average molecular weight is 329 g/mol. The van der Waals surface area contributed by atoms with Crippen LogP contribution >= 0.6 is 15.9 Å². The summed E-state index contributed by atoms with van der Waals surface area (Å²) in [5.41, 5.74) is 0.733. The molecule has 6 heteroatoms. The number of hydrogen-bond acceptors (Lipinski definition) is 4. The Morgan fingerprint density at radius 1 is 1.58 bits per heavy atom. The first-order valence-corrected chi connectivity index (χ1v) is 7.05. The fourth-order valence-corrected chi connectivity index (χ4v) is 2.66. The van der Waals surface area contributed by atoms with Crippen molar-refractivity contribution in [3.8, 4) is 0 Å². The first-order chi connectivity index (χ1) is 9.00. The molecule has 1 heterocycles. The number of rotatable bonds is 4. The maximum Gasteiger partial charge on any atom is 0.273 e. The van der Waals surface area contributed by atoms with Crippen LogP contribution in [0.25, 0.3) is 0 Å². The van der Waals surface area contributed by atoms with Gasteiger partial charge in [-0.2, -0.15) is 0 Å². The summed E-state index contributed by atoms with van der Waals surface area (Å²) >= 11 is 3.35. The molecule has 0 aliphatic carbocycles. The van der Waals surface area contributed by atoms with Crippen LogP contribution in [0, 0.1) is 10.1 Å². The number of nitro groups is 1. The Morgan fingerprint density at radius 3 is 3.00 bits per heavy atom. The van der Waals surface area contributed by atoms with Crippen molar-refractivity contribution in [2.45, 2.75) is 31.8 Å². The molecule has 1 unspecified atom stereocenters. The Labute approximate surface area is 120 Å². The van der Waals surface area contributed by atoms with E-state index in [4.69, 9.17) is 4.74 Å². The standard InChI is InChI=1S/C13H17BrN2O3/c1-13(5-2-6-19-9-13)15-8-10-7-11(14)3-4-12(10)16(17)18/h3-4,7,15H,2,5-6,8-9H2,1H3. The molecular weight excluding hydrogens is 312 g/mol. The fourth-order valence-electron chi connectivity index (χ4n) is 2.26. The molecule has 1 aliphatic heterocycles. The molecule has 0 saturated carbocycles. The minimum Gasteiger partial charge on any atom is -0.380 e. The molecule has 1 N–H and O–H groups in total. The molecule has 1 atom stereocenters. The highest BCUT2D eigenvalue weighted by Gasteiger charge is 2.27. The molecule has 1 aromatic carbocycles. The maximum absolute atomic E-state index is 11.0. The lowest BCUT2D eigenvalue weighted by molar-refractivity contribution is -0.385. The van der Waals surface area contributed by atoms with Crippen molar-refractivity contribution in [2.24, 2.45) is 0 Å². The van der Waals surface area contributed by atoms with E-state index in [9.17, 15) is 10.1 Å². The van der Waals surface area contributed by atoms with Crippen molar-refractivity contribution in [2.75, 3.05) is 13.2 Å². The normalized spacial score (nSPS) is 23.3. The summed E-state index contributed by atoms with van der Waals surface area (Å²) in [6.07, 6.45) is 2.04. The molecule has 0 aromatic heterocycles. The first kappa shape index (κ1) is 14.4. The maximum atomic E-state index is 11.0. The summed E-state index contributed by atoms with van der Waals surface area (Å²) in [7, 11) is 0. The van der Waals surface area contributed by atoms with Crippen molar-refractivity contribution < 1.29 is 9.66 Å². The van der Waals surface area contributed by atoms with Gasteiger partial charge in [0.2, 0.25) is 0 Å². The molecule has 19 heavy (non-hydrogen) atoms. The molecule has 1 aliphatic rings. The quantitative estimate of drug-likeness (QED) is 0.681. The second kappa shape index (κ2) is 5.98. The summed E-state index contributed by atoms with van der Waals surface area (Å²) in [6, 6.07) is 5.01. The number of ether oxygens (including phenoxy) is 1. The molecule has 1 saturated heterocycles. The van der Waals surface area contributed by atoms with Gasteiger partial charge in [0.1, 0.15) is 0 Å². The number of nitrogens with one attached hydrogen (secondary N) is 1. The number of nitro benzene ring substituents is 1. The zero-order valence-electron chi connectivity index (χ0n) is 10.8. The summed E-state index contributed by atoms with van der Waals surface area (Å²) in [4.78, 5) is 10.7. The molecular formula is C13H17BrN2O3. The Kier molecular flexibility index (Phi) is 4.54. The van der Waals surface area contributed by atoms with E-state index in [2.05, 4.69) is 28.2 Å². The molecule has 5 nitrogen and oxygen atoms in total. The molecule has 0 radical (unpaired) electrons. The second-order valence-electron chi connectivity index (χ2n) is 5.10. The van der Waals surface area contributed by atoms with Gasteiger partial charge in [-0.15, -0.1) is 0 Å². The van der Waals surface area contributed by atoms with Crippen molar-refractivity contribution in [1.82, 2.24) is 5.32 Å². The van der Waals surface area contributed by atoms with Gasteiger partial charge in [-0.25, -0.2) is 0 Å². The van der Waals surface area contributed by atoms with Crippen LogP contribution in [0.4, 0.5) is 5.69 Å². The molecule has 1 aromatic rings. The second-order valence-corrected chi connectivity index (χ2v) is 6.02. The van der Waals surface area contributed by atoms with E-state index >= 15 is 0 Å². The highest BCUT2D eigenvalue weighted by Crippen LogP contribution is 2.25. The minimum absolute atomic E-state index is 0.103. The molecule has 0 amide bonds. The highest BCUT2D eigenvalue weighted by molar-refractivity contribution is 9.10. The third kappa shape index (κ3) is 3.75. The van der Waals surface area contributed by atoms with E-state index < -0.39 is 0 Å². The lowest BCUT2D eigenvalue weighted by Gasteiger charge is -2.34. The van der Waals surface area contributed by atoms with Crippen LogP contribution in [-0.2, 0) is 11.3 Å². The van der Waals surface area contributed by atoms with Crippen molar-refractivity contribution in [1.29, 1.82) is 0 Å². The first-order valence-electron chi connectivity index (χ1n) is 6.26. The summed E-state index contributed by atoms with van der Waals surface area (Å²) < 4.78 is 6.32. The zero-order valence-corrected chi connectivity index (χ0v) is 12.4. The van der Waals surface area contributed by atoms with E-state index in [1.54, 1.807) is 12.1 Å². The Hall–Kier alpha value is -0.980. The van der Waals surface area contributed by atoms with E-state index in [1.807, 2.05) is 0 Å². The summed E-state index contributed by atoms with van der Waals surface area (Å²) in [5, 5.41) is 14.4. The smallest absolute Gasteiger partial charge is 0.273 e. The van der Waals surface area contributed by atoms with Crippen molar-refractivity contribution >= 4 is 21.6 Å². The van der Waals surface area contributed by atoms with Crippen LogP contribution in [0.5, 0.6) is 0 Å². The Balaban J connectivity index is 2.10. The predicted molar refractivity (Wildman–Crippen MR) is 76.1 cm³/mol. The van der Waals surface area contributed by atoms with Gasteiger partial charge in [0, 0.05) is 34.8 Å². The van der Waals surface area contributed by atoms with Crippen molar-refractivity contribution in [3.05, 3.63) is 38.3 Å². The molecule has 2 rings (SSSR count). The number of hydrogen-bond donors (Lipinski definition) is 1. The molecule has 104 valence electrons. The van der Waals surface area contributed by atoms with Gasteiger partial charge < -0.3 is 10.1 Å². The van der Waals surface area contributed by atoms with Crippen LogP contribution < -0.4 is 5.32 Å². The molecule has 1 fully saturated rings. The predicted octanol–water partition coefficient (Wildman–Crippen LogP) is 3.02. The average Bonchev–Trinajstić information content (AvgIpc) is 2.37. The van der Waals surface area contributed by atoms with Gasteiger partial charge in [-0.05, 0) is 31.9 Å². The van der Waals surface area contributed by atoms with Crippen LogP contribution in [0.15, 0.2) is 22.7 Å². The van der Waals surface area contributed by atoms with E-state index in [0.717, 1.165) is 23.9 Å². The number of benzene rings is 1. The van der Waals surface area contributed by atoms with Crippen LogP contribution in [-0.4, -0.2) is 23.7 Å². The lowest BCUT2D eigenvalue weighted by Crippen LogP contribution is -2.48. The summed E-state index contributed by atoms with van der Waals surface area (Å²) in [5.74, 6) is 0.